The van der Waals surface area contributed by atoms with Crippen LogP contribution in [0.4, 0.5) is 0 Å². The van der Waals surface area contributed by atoms with E-state index in [1.165, 1.54) is 10.6 Å². The summed E-state index contributed by atoms with van der Waals surface area (Å²) in [6.45, 7) is 4.13. The summed E-state index contributed by atoms with van der Waals surface area (Å²) in [7, 11) is 0. The molecule has 1 aromatic rings. The number of nitrogens with zero attached hydrogens (tertiary/aromatic N) is 1. The smallest absolute Gasteiger partial charge is 0.225 e. The first-order chi connectivity index (χ1) is 7.29. The van der Waals surface area contributed by atoms with E-state index in [0.717, 1.165) is 13.0 Å². The van der Waals surface area contributed by atoms with Gasteiger partial charge < -0.3 is 14.9 Å². The van der Waals surface area contributed by atoms with Gasteiger partial charge in [-0.15, -0.1) is 0 Å². The van der Waals surface area contributed by atoms with Crippen LogP contribution in [0.25, 0.3) is 0 Å². The fraction of sp³-hybridized carbons (Fsp3) is 0.700. The van der Waals surface area contributed by atoms with Gasteiger partial charge in [-0.25, -0.2) is 0 Å². The van der Waals surface area contributed by atoms with Crippen LogP contribution in [-0.2, 0) is 17.7 Å². The Kier molecular flexibility index (Phi) is 5.78. The molecule has 1 aromatic heterocycles. The van der Waals surface area contributed by atoms with E-state index in [-0.39, 0.29) is 13.2 Å². The van der Waals surface area contributed by atoms with Gasteiger partial charge in [0, 0.05) is 20.0 Å². The van der Waals surface area contributed by atoms with Crippen LogP contribution < -0.4 is 4.57 Å². The van der Waals surface area contributed by atoms with Gasteiger partial charge in [0.2, 0.25) is 5.51 Å². The first-order valence-electron chi connectivity index (χ1n) is 5.05. The fourth-order valence-corrected chi connectivity index (χ4v) is 2.36. The summed E-state index contributed by atoms with van der Waals surface area (Å²) in [6, 6.07) is 0. The van der Waals surface area contributed by atoms with E-state index in [9.17, 15) is 0 Å². The zero-order chi connectivity index (χ0) is 11.1. The van der Waals surface area contributed by atoms with Crippen molar-refractivity contribution in [2.45, 2.75) is 19.9 Å². The average Bonchev–Trinajstić information content (AvgIpc) is 2.57. The second-order valence-electron chi connectivity index (χ2n) is 3.23. The summed E-state index contributed by atoms with van der Waals surface area (Å²) in [5.41, 5.74) is 3.24. The van der Waals surface area contributed by atoms with Crippen LogP contribution in [0.5, 0.6) is 0 Å². The maximum atomic E-state index is 8.84. The van der Waals surface area contributed by atoms with E-state index in [4.69, 9.17) is 14.9 Å². The zero-order valence-electron chi connectivity index (χ0n) is 8.98. The molecule has 0 saturated heterocycles. The van der Waals surface area contributed by atoms with Crippen molar-refractivity contribution in [3.63, 3.8) is 0 Å². The Morgan fingerprint density at radius 1 is 1.33 bits per heavy atom. The number of hydrogen-bond acceptors (Lipinski definition) is 4. The molecule has 0 amide bonds. The van der Waals surface area contributed by atoms with Crippen molar-refractivity contribution in [3.8, 4) is 0 Å². The number of rotatable bonds is 7. The van der Waals surface area contributed by atoms with E-state index in [1.54, 1.807) is 11.3 Å². The highest BCUT2D eigenvalue weighted by Gasteiger charge is 2.13. The van der Waals surface area contributed by atoms with Crippen LogP contribution in [-0.4, -0.2) is 36.6 Å². The van der Waals surface area contributed by atoms with Gasteiger partial charge in [0.1, 0.15) is 6.61 Å². The van der Waals surface area contributed by atoms with Crippen LogP contribution in [0.2, 0.25) is 0 Å². The lowest BCUT2D eigenvalue weighted by molar-refractivity contribution is -0.699. The molecule has 0 fully saturated rings. The summed E-state index contributed by atoms with van der Waals surface area (Å²) in [5, 5.41) is 17.4. The topological polar surface area (TPSA) is 53.6 Å². The summed E-state index contributed by atoms with van der Waals surface area (Å²) in [4.78, 5) is 1.22. The summed E-state index contributed by atoms with van der Waals surface area (Å²) in [6.07, 6.45) is 0.723. The Morgan fingerprint density at radius 3 is 2.80 bits per heavy atom. The molecule has 0 saturated carbocycles. The molecule has 0 aliphatic carbocycles. The number of aromatic nitrogens is 1. The number of thiazole rings is 1. The molecule has 2 N–H and O–H groups in total. The monoisotopic (exact) mass is 232 g/mol. The van der Waals surface area contributed by atoms with E-state index in [1.807, 2.05) is 12.4 Å². The van der Waals surface area contributed by atoms with Crippen molar-refractivity contribution in [3.05, 3.63) is 16.1 Å². The molecule has 86 valence electrons. The Bertz CT molecular complexity index is 288. The minimum Gasteiger partial charge on any atom is -0.396 e. The molecular weight excluding hydrogens is 214 g/mol. The number of hydrogen-bond donors (Lipinski definition) is 2. The third kappa shape index (κ3) is 3.87. The van der Waals surface area contributed by atoms with Gasteiger partial charge in [0.15, 0.2) is 12.2 Å². The lowest BCUT2D eigenvalue weighted by atomic mass is 10.3. The molecule has 0 aliphatic rings. The highest BCUT2D eigenvalue weighted by molar-refractivity contribution is 7.09. The number of aliphatic hydroxyl groups excluding tert-OH is 2. The van der Waals surface area contributed by atoms with Crippen molar-refractivity contribution in [2.24, 2.45) is 0 Å². The van der Waals surface area contributed by atoms with Crippen molar-refractivity contribution in [2.75, 3.05) is 26.4 Å². The summed E-state index contributed by atoms with van der Waals surface area (Å²) in [5.74, 6) is 0. The standard InChI is InChI=1S/C10H18NO3S/c1-9-10(2-4-12)15-8-11(9)3-6-14-7-5-13/h8,12-13H,2-7H2,1H3/q+1. The normalized spacial score (nSPS) is 10.9. The van der Waals surface area contributed by atoms with Crippen LogP contribution >= 0.6 is 11.3 Å². The van der Waals surface area contributed by atoms with E-state index >= 15 is 0 Å². The third-order valence-corrected chi connectivity index (χ3v) is 3.35. The lowest BCUT2D eigenvalue weighted by Crippen LogP contribution is -2.37. The van der Waals surface area contributed by atoms with E-state index in [0.29, 0.717) is 13.2 Å². The van der Waals surface area contributed by atoms with Crippen molar-refractivity contribution in [1.82, 2.24) is 0 Å². The summed E-state index contributed by atoms with van der Waals surface area (Å²) < 4.78 is 7.31. The average molecular weight is 232 g/mol. The zero-order valence-corrected chi connectivity index (χ0v) is 9.79. The molecule has 15 heavy (non-hydrogen) atoms. The molecule has 0 unspecified atom stereocenters. The summed E-state index contributed by atoms with van der Waals surface area (Å²) >= 11 is 1.66. The molecule has 0 aliphatic heterocycles. The van der Waals surface area contributed by atoms with Crippen LogP contribution in [0.3, 0.4) is 0 Å². The molecule has 0 atom stereocenters. The molecule has 1 rings (SSSR count). The lowest BCUT2D eigenvalue weighted by Gasteiger charge is -1.98. The van der Waals surface area contributed by atoms with Crippen LogP contribution in [0.15, 0.2) is 5.51 Å². The van der Waals surface area contributed by atoms with Crippen molar-refractivity contribution >= 4 is 11.3 Å². The van der Waals surface area contributed by atoms with Gasteiger partial charge in [0.05, 0.1) is 18.1 Å². The highest BCUT2D eigenvalue weighted by Crippen LogP contribution is 2.10. The van der Waals surface area contributed by atoms with Gasteiger partial charge in [-0.05, 0) is 0 Å². The highest BCUT2D eigenvalue weighted by atomic mass is 32.1. The van der Waals surface area contributed by atoms with Crippen molar-refractivity contribution in [1.29, 1.82) is 0 Å². The predicted octanol–water partition coefficient (Wildman–Crippen LogP) is -0.112. The maximum Gasteiger partial charge on any atom is 0.225 e. The molecule has 0 radical (unpaired) electrons. The van der Waals surface area contributed by atoms with E-state index < -0.39 is 0 Å². The van der Waals surface area contributed by atoms with Crippen LogP contribution in [0.1, 0.15) is 10.6 Å². The molecule has 5 heteroatoms. The Labute approximate surface area is 93.8 Å². The first-order valence-corrected chi connectivity index (χ1v) is 5.93. The predicted molar refractivity (Wildman–Crippen MR) is 57.9 cm³/mol. The number of aliphatic hydroxyl groups is 2. The Balaban J connectivity index is 2.40. The maximum absolute atomic E-state index is 8.84. The minimum atomic E-state index is 0.0725. The molecule has 0 spiro atoms. The molecular formula is C10H18NO3S+. The van der Waals surface area contributed by atoms with Gasteiger partial charge in [-0.1, -0.05) is 11.3 Å². The van der Waals surface area contributed by atoms with Gasteiger partial charge in [-0.2, -0.15) is 4.57 Å². The molecule has 1 heterocycles. The Morgan fingerprint density at radius 2 is 2.13 bits per heavy atom. The Hall–Kier alpha value is -0.490. The number of ether oxygens (including phenoxy) is 1. The van der Waals surface area contributed by atoms with Gasteiger partial charge in [0.25, 0.3) is 0 Å². The van der Waals surface area contributed by atoms with Crippen LogP contribution in [0, 0.1) is 6.92 Å². The molecule has 4 nitrogen and oxygen atoms in total. The SMILES string of the molecule is Cc1c(CCO)sc[n+]1CCOCCO. The largest absolute Gasteiger partial charge is 0.396 e. The fourth-order valence-electron chi connectivity index (χ4n) is 1.34. The van der Waals surface area contributed by atoms with E-state index in [2.05, 4.69) is 4.57 Å². The first kappa shape index (κ1) is 12.6. The third-order valence-electron chi connectivity index (χ3n) is 2.21. The molecule has 0 aromatic carbocycles. The van der Waals surface area contributed by atoms with Crippen molar-refractivity contribution < 1.29 is 19.5 Å². The molecule has 0 bridgehead atoms. The van der Waals surface area contributed by atoms with Gasteiger partial charge in [-0.3, -0.25) is 0 Å². The quantitative estimate of drug-likeness (QED) is 0.509. The van der Waals surface area contributed by atoms with Gasteiger partial charge >= 0.3 is 0 Å². The minimum absolute atomic E-state index is 0.0725. The second kappa shape index (κ2) is 6.90. The second-order valence-corrected chi connectivity index (χ2v) is 4.17.